The van der Waals surface area contributed by atoms with Crippen LogP contribution in [0.15, 0.2) is 18.5 Å². The highest BCUT2D eigenvalue weighted by Crippen LogP contribution is 2.30. The van der Waals surface area contributed by atoms with Crippen LogP contribution in [0.4, 0.5) is 0 Å². The van der Waals surface area contributed by atoms with E-state index < -0.39 is 0 Å². The van der Waals surface area contributed by atoms with Gasteiger partial charge in [-0.25, -0.2) is 0 Å². The maximum Gasteiger partial charge on any atom is 0.255 e. The summed E-state index contributed by atoms with van der Waals surface area (Å²) in [6, 6.07) is 2.93. The third-order valence-electron chi connectivity index (χ3n) is 4.59. The monoisotopic (exact) mass is 289 g/mol. The molecule has 1 aromatic heterocycles. The maximum atomic E-state index is 12.8. The normalized spacial score (nSPS) is 27.6. The van der Waals surface area contributed by atoms with E-state index in [9.17, 15) is 9.90 Å². The topological polar surface area (TPSA) is 65.5 Å². The quantitative estimate of drug-likeness (QED) is 0.889. The van der Waals surface area contributed by atoms with Crippen LogP contribution in [0.3, 0.4) is 0 Å². The van der Waals surface area contributed by atoms with Gasteiger partial charge in [-0.1, -0.05) is 6.92 Å². The van der Waals surface area contributed by atoms with E-state index in [2.05, 4.69) is 17.2 Å². The summed E-state index contributed by atoms with van der Waals surface area (Å²) < 4.78 is 0. The Balaban J connectivity index is 1.79. The van der Waals surface area contributed by atoms with Crippen LogP contribution < -0.4 is 5.32 Å². The molecule has 0 saturated carbocycles. The largest absolute Gasteiger partial charge is 0.506 e. The first kappa shape index (κ1) is 14.3. The van der Waals surface area contributed by atoms with Gasteiger partial charge in [0, 0.05) is 30.9 Å². The molecule has 2 aliphatic rings. The molecule has 0 aliphatic carbocycles. The Morgan fingerprint density at radius 2 is 2.10 bits per heavy atom. The van der Waals surface area contributed by atoms with Crippen molar-refractivity contribution in [2.75, 3.05) is 6.54 Å². The molecule has 21 heavy (non-hydrogen) atoms. The Hall–Kier alpha value is -1.62. The Labute approximate surface area is 125 Å². The van der Waals surface area contributed by atoms with Crippen molar-refractivity contribution in [2.24, 2.45) is 0 Å². The fraction of sp³-hybridized carbons (Fsp3) is 0.625. The fourth-order valence-corrected chi connectivity index (χ4v) is 3.68. The average molecular weight is 289 g/mol. The predicted molar refractivity (Wildman–Crippen MR) is 80.2 cm³/mol. The second-order valence-corrected chi connectivity index (χ2v) is 6.19. The van der Waals surface area contributed by atoms with Crippen molar-refractivity contribution in [1.29, 1.82) is 0 Å². The molecule has 0 radical (unpaired) electrons. The zero-order valence-corrected chi connectivity index (χ0v) is 12.5. The van der Waals surface area contributed by atoms with Crippen molar-refractivity contribution in [2.45, 2.75) is 57.2 Å². The summed E-state index contributed by atoms with van der Waals surface area (Å²) in [5, 5.41) is 13.1. The van der Waals surface area contributed by atoms with E-state index in [1.54, 1.807) is 6.20 Å². The molecule has 2 unspecified atom stereocenters. The minimum absolute atomic E-state index is 0.00782. The lowest BCUT2D eigenvalue weighted by Gasteiger charge is -2.37. The zero-order valence-electron chi connectivity index (χ0n) is 12.5. The second kappa shape index (κ2) is 6.02. The Morgan fingerprint density at radius 1 is 1.38 bits per heavy atom. The standard InChI is InChI=1S/C16H23N3O2/c1-2-5-19(14-7-12-3-4-13(8-14)18-12)16(21)11-6-15(20)10-17-9-11/h6,9-10,12-14,18,20H,2-5,7-8H2,1H3. The van der Waals surface area contributed by atoms with Crippen molar-refractivity contribution >= 4 is 5.91 Å². The molecular formula is C16H23N3O2. The van der Waals surface area contributed by atoms with E-state index in [1.165, 1.54) is 25.1 Å². The van der Waals surface area contributed by atoms with Gasteiger partial charge in [0.15, 0.2) is 0 Å². The van der Waals surface area contributed by atoms with Crippen LogP contribution in [0.5, 0.6) is 5.75 Å². The molecule has 5 nitrogen and oxygen atoms in total. The molecule has 0 spiro atoms. The van der Waals surface area contributed by atoms with Crippen LogP contribution in [0, 0.1) is 0 Å². The molecule has 114 valence electrons. The molecule has 2 N–H and O–H groups in total. The number of rotatable bonds is 4. The molecule has 2 aliphatic heterocycles. The maximum absolute atomic E-state index is 12.8. The van der Waals surface area contributed by atoms with E-state index in [4.69, 9.17) is 0 Å². The first-order valence-corrected chi connectivity index (χ1v) is 7.88. The minimum Gasteiger partial charge on any atom is -0.506 e. The molecule has 2 saturated heterocycles. The molecule has 5 heteroatoms. The predicted octanol–water partition coefficient (Wildman–Crippen LogP) is 1.92. The van der Waals surface area contributed by atoms with E-state index in [0.717, 1.165) is 25.8 Å². The summed E-state index contributed by atoms with van der Waals surface area (Å²) >= 11 is 0. The molecule has 3 rings (SSSR count). The summed E-state index contributed by atoms with van der Waals surface area (Å²) in [5.41, 5.74) is 0.481. The lowest BCUT2D eigenvalue weighted by atomic mass is 9.97. The second-order valence-electron chi connectivity index (χ2n) is 6.19. The molecular weight excluding hydrogens is 266 g/mol. The average Bonchev–Trinajstić information content (AvgIpc) is 2.82. The molecule has 2 fully saturated rings. The summed E-state index contributed by atoms with van der Waals surface area (Å²) in [6.07, 6.45) is 8.36. The Morgan fingerprint density at radius 3 is 2.71 bits per heavy atom. The number of fused-ring (bicyclic) bond motifs is 2. The zero-order chi connectivity index (χ0) is 14.8. The van der Waals surface area contributed by atoms with E-state index in [-0.39, 0.29) is 11.7 Å². The Kier molecular flexibility index (Phi) is 4.10. The van der Waals surface area contributed by atoms with Gasteiger partial charge in [-0.15, -0.1) is 0 Å². The number of pyridine rings is 1. The highest BCUT2D eigenvalue weighted by molar-refractivity contribution is 5.94. The van der Waals surface area contributed by atoms with Crippen LogP contribution >= 0.6 is 0 Å². The van der Waals surface area contributed by atoms with Gasteiger partial charge in [0.25, 0.3) is 5.91 Å². The summed E-state index contributed by atoms with van der Waals surface area (Å²) in [5.74, 6) is 0.0363. The van der Waals surface area contributed by atoms with Gasteiger partial charge in [0.05, 0.1) is 11.8 Å². The van der Waals surface area contributed by atoms with E-state index in [1.807, 2.05) is 4.90 Å². The highest BCUT2D eigenvalue weighted by atomic mass is 16.3. The van der Waals surface area contributed by atoms with Gasteiger partial charge in [0.1, 0.15) is 5.75 Å². The first-order chi connectivity index (χ1) is 10.2. The number of amides is 1. The molecule has 3 heterocycles. The van der Waals surface area contributed by atoms with Crippen molar-refractivity contribution in [1.82, 2.24) is 15.2 Å². The molecule has 1 amide bonds. The number of aromatic nitrogens is 1. The molecule has 2 atom stereocenters. The number of nitrogens with zero attached hydrogens (tertiary/aromatic N) is 2. The smallest absolute Gasteiger partial charge is 0.255 e. The molecule has 0 aromatic carbocycles. The van der Waals surface area contributed by atoms with Crippen molar-refractivity contribution in [3.05, 3.63) is 24.0 Å². The third kappa shape index (κ3) is 3.02. The number of hydrogen-bond donors (Lipinski definition) is 2. The summed E-state index contributed by atoms with van der Waals surface area (Å²) in [6.45, 7) is 2.86. The highest BCUT2D eigenvalue weighted by Gasteiger charge is 2.37. The van der Waals surface area contributed by atoms with Crippen LogP contribution in [0.25, 0.3) is 0 Å². The first-order valence-electron chi connectivity index (χ1n) is 7.88. The molecule has 2 bridgehead atoms. The third-order valence-corrected chi connectivity index (χ3v) is 4.59. The number of hydrogen-bond acceptors (Lipinski definition) is 4. The Bertz CT molecular complexity index is 508. The summed E-state index contributed by atoms with van der Waals surface area (Å²) in [7, 11) is 0. The van der Waals surface area contributed by atoms with Gasteiger partial charge >= 0.3 is 0 Å². The van der Waals surface area contributed by atoms with Crippen molar-refractivity contribution in [3.8, 4) is 5.75 Å². The van der Waals surface area contributed by atoms with Crippen LogP contribution in [0.2, 0.25) is 0 Å². The number of nitrogens with one attached hydrogen (secondary N) is 1. The van der Waals surface area contributed by atoms with Crippen molar-refractivity contribution in [3.63, 3.8) is 0 Å². The number of carbonyl (C=O) groups is 1. The van der Waals surface area contributed by atoms with Crippen LogP contribution in [0.1, 0.15) is 49.4 Å². The van der Waals surface area contributed by atoms with Gasteiger partial charge in [-0.2, -0.15) is 0 Å². The van der Waals surface area contributed by atoms with Crippen LogP contribution in [-0.4, -0.2) is 45.6 Å². The fourth-order valence-electron chi connectivity index (χ4n) is 3.68. The lowest BCUT2D eigenvalue weighted by Crippen LogP contribution is -2.50. The van der Waals surface area contributed by atoms with Crippen molar-refractivity contribution < 1.29 is 9.90 Å². The van der Waals surface area contributed by atoms with E-state index >= 15 is 0 Å². The number of piperidine rings is 1. The van der Waals surface area contributed by atoms with Gasteiger partial charge in [-0.05, 0) is 38.2 Å². The van der Waals surface area contributed by atoms with Gasteiger partial charge in [0.2, 0.25) is 0 Å². The SMILES string of the molecule is CCCN(C(=O)c1cncc(O)c1)C1CC2CCC(C1)N2. The number of aromatic hydroxyl groups is 1. The summed E-state index contributed by atoms with van der Waals surface area (Å²) in [4.78, 5) is 18.7. The van der Waals surface area contributed by atoms with Crippen LogP contribution in [-0.2, 0) is 0 Å². The number of carbonyl (C=O) groups excluding carboxylic acids is 1. The van der Waals surface area contributed by atoms with E-state index in [0.29, 0.717) is 23.7 Å². The lowest BCUT2D eigenvalue weighted by molar-refractivity contribution is 0.0616. The molecule has 1 aromatic rings. The minimum atomic E-state index is -0.00782. The van der Waals surface area contributed by atoms with Gasteiger partial charge in [-0.3, -0.25) is 9.78 Å². The van der Waals surface area contributed by atoms with Gasteiger partial charge < -0.3 is 15.3 Å².